The minimum Gasteiger partial charge on any atom is -0.335 e. The van der Waals surface area contributed by atoms with Crippen molar-refractivity contribution in [1.29, 1.82) is 0 Å². The molecule has 30 heavy (non-hydrogen) atoms. The summed E-state index contributed by atoms with van der Waals surface area (Å²) >= 11 is 3.18. The first-order chi connectivity index (χ1) is 14.6. The summed E-state index contributed by atoms with van der Waals surface area (Å²) in [5.74, 6) is 0.951. The van der Waals surface area contributed by atoms with Gasteiger partial charge in [0.05, 0.1) is 10.6 Å². The van der Waals surface area contributed by atoms with Gasteiger partial charge in [0, 0.05) is 55.2 Å². The van der Waals surface area contributed by atoms with Gasteiger partial charge in [-0.1, -0.05) is 13.3 Å². The van der Waals surface area contributed by atoms with E-state index in [0.717, 1.165) is 60.5 Å². The molecule has 5 rings (SSSR count). The Kier molecular flexibility index (Phi) is 5.47. The van der Waals surface area contributed by atoms with Gasteiger partial charge < -0.3 is 4.90 Å². The number of rotatable bonds is 4. The summed E-state index contributed by atoms with van der Waals surface area (Å²) in [7, 11) is 0. The molecule has 6 nitrogen and oxygen atoms in total. The van der Waals surface area contributed by atoms with Crippen LogP contribution in [-0.2, 0) is 19.4 Å². The van der Waals surface area contributed by atoms with E-state index in [9.17, 15) is 9.59 Å². The van der Waals surface area contributed by atoms with Gasteiger partial charge >= 0.3 is 0 Å². The lowest BCUT2D eigenvalue weighted by Gasteiger charge is -2.34. The average molecular weight is 443 g/mol. The summed E-state index contributed by atoms with van der Waals surface area (Å²) in [5.41, 5.74) is 2.18. The molecule has 158 valence electrons. The second kappa shape index (κ2) is 8.24. The normalized spacial score (nSPS) is 19.9. The quantitative estimate of drug-likeness (QED) is 0.622. The summed E-state index contributed by atoms with van der Waals surface area (Å²) in [5, 5.41) is 1.88. The van der Waals surface area contributed by atoms with E-state index >= 15 is 0 Å². The van der Waals surface area contributed by atoms with Crippen LogP contribution in [0.25, 0.3) is 4.96 Å². The molecular formula is C22H26N4O2S2. The summed E-state index contributed by atoms with van der Waals surface area (Å²) in [6.07, 6.45) is 6.49. The second-order valence-electron chi connectivity index (χ2n) is 8.29. The number of amides is 1. The van der Waals surface area contributed by atoms with Gasteiger partial charge in [0.1, 0.15) is 0 Å². The molecule has 0 bridgehead atoms. The first-order valence-electron chi connectivity index (χ1n) is 10.7. The fraction of sp³-hybridized carbons (Fsp3) is 0.500. The van der Waals surface area contributed by atoms with Gasteiger partial charge in [-0.25, -0.2) is 4.98 Å². The summed E-state index contributed by atoms with van der Waals surface area (Å²) in [6.45, 7) is 5.97. The van der Waals surface area contributed by atoms with Gasteiger partial charge in [-0.2, -0.15) is 0 Å². The van der Waals surface area contributed by atoms with Gasteiger partial charge in [-0.15, -0.1) is 22.7 Å². The van der Waals surface area contributed by atoms with Crippen LogP contribution in [0.3, 0.4) is 0 Å². The Morgan fingerprint density at radius 3 is 2.87 bits per heavy atom. The van der Waals surface area contributed by atoms with Crippen molar-refractivity contribution < 1.29 is 4.79 Å². The highest BCUT2D eigenvalue weighted by molar-refractivity contribution is 7.15. The third-order valence-corrected chi connectivity index (χ3v) is 8.36. The topological polar surface area (TPSA) is 57.9 Å². The van der Waals surface area contributed by atoms with Gasteiger partial charge in [0.15, 0.2) is 4.96 Å². The minimum atomic E-state index is -0.0305. The van der Waals surface area contributed by atoms with E-state index in [1.54, 1.807) is 28.0 Å². The lowest BCUT2D eigenvalue weighted by molar-refractivity contribution is 0.0632. The standard InChI is InChI=1S/C22H26N4O2S2/c1-2-15-3-4-18-16(11-15)12-19(30-18)21(28)25-7-5-24(6-8-25)14-17-13-20(27)26-9-10-29-22(26)23-17/h9-10,12-13,15H,2-8,11,14H2,1H3. The van der Waals surface area contributed by atoms with Crippen LogP contribution in [0, 0.1) is 5.92 Å². The van der Waals surface area contributed by atoms with E-state index in [-0.39, 0.29) is 11.5 Å². The molecule has 1 amide bonds. The van der Waals surface area contributed by atoms with Gasteiger partial charge in [-0.3, -0.25) is 18.9 Å². The molecule has 4 heterocycles. The van der Waals surface area contributed by atoms with Crippen LogP contribution >= 0.6 is 22.7 Å². The third kappa shape index (κ3) is 3.84. The predicted molar refractivity (Wildman–Crippen MR) is 121 cm³/mol. The lowest BCUT2D eigenvalue weighted by atomic mass is 9.87. The van der Waals surface area contributed by atoms with E-state index in [0.29, 0.717) is 6.54 Å². The smallest absolute Gasteiger partial charge is 0.264 e. The molecule has 1 fully saturated rings. The lowest BCUT2D eigenvalue weighted by Crippen LogP contribution is -2.48. The zero-order valence-corrected chi connectivity index (χ0v) is 18.8. The Morgan fingerprint density at radius 1 is 1.23 bits per heavy atom. The highest BCUT2D eigenvalue weighted by Crippen LogP contribution is 2.34. The largest absolute Gasteiger partial charge is 0.335 e. The molecule has 1 unspecified atom stereocenters. The van der Waals surface area contributed by atoms with Crippen LogP contribution in [0.5, 0.6) is 0 Å². The van der Waals surface area contributed by atoms with Gasteiger partial charge in [0.25, 0.3) is 11.5 Å². The number of thiophene rings is 1. The molecule has 1 saturated heterocycles. The average Bonchev–Trinajstić information content (AvgIpc) is 3.40. The minimum absolute atomic E-state index is 0.0305. The van der Waals surface area contributed by atoms with Crippen LogP contribution in [0.1, 0.15) is 45.6 Å². The van der Waals surface area contributed by atoms with Crippen molar-refractivity contribution in [3.05, 3.63) is 55.1 Å². The zero-order chi connectivity index (χ0) is 20.7. The van der Waals surface area contributed by atoms with Crippen molar-refractivity contribution in [2.45, 2.75) is 39.2 Å². The number of nitrogens with zero attached hydrogens (tertiary/aromatic N) is 4. The molecule has 1 aliphatic heterocycles. The Labute approximate surface area is 183 Å². The van der Waals surface area contributed by atoms with Crippen molar-refractivity contribution in [3.8, 4) is 0 Å². The van der Waals surface area contributed by atoms with E-state index in [1.807, 2.05) is 10.3 Å². The molecule has 1 atom stereocenters. The van der Waals surface area contributed by atoms with Crippen molar-refractivity contribution in [3.63, 3.8) is 0 Å². The van der Waals surface area contributed by atoms with Crippen molar-refractivity contribution >= 4 is 33.5 Å². The number of thiazole rings is 1. The molecule has 3 aromatic heterocycles. The number of hydrogen-bond acceptors (Lipinski definition) is 6. The van der Waals surface area contributed by atoms with Crippen LogP contribution < -0.4 is 5.56 Å². The molecule has 2 aliphatic rings. The Hall–Kier alpha value is -2.03. The first-order valence-corrected chi connectivity index (χ1v) is 12.4. The van der Waals surface area contributed by atoms with Crippen LogP contribution in [0.2, 0.25) is 0 Å². The number of aryl methyl sites for hydroxylation is 1. The number of hydrogen-bond donors (Lipinski definition) is 0. The third-order valence-electron chi connectivity index (χ3n) is 6.37. The van der Waals surface area contributed by atoms with Crippen molar-refractivity contribution in [2.75, 3.05) is 26.2 Å². The van der Waals surface area contributed by atoms with Crippen LogP contribution in [-0.4, -0.2) is 51.3 Å². The second-order valence-corrected chi connectivity index (χ2v) is 10.3. The zero-order valence-electron chi connectivity index (χ0n) is 17.2. The number of carbonyl (C=O) groups is 1. The van der Waals surface area contributed by atoms with E-state index in [2.05, 4.69) is 22.9 Å². The summed E-state index contributed by atoms with van der Waals surface area (Å²) in [4.78, 5) is 37.2. The molecule has 0 spiro atoms. The molecule has 3 aromatic rings. The van der Waals surface area contributed by atoms with Gasteiger partial charge in [0.2, 0.25) is 0 Å². The number of piperazine rings is 1. The number of aromatic nitrogens is 2. The van der Waals surface area contributed by atoms with Crippen molar-refractivity contribution in [2.24, 2.45) is 5.92 Å². The maximum atomic E-state index is 13.1. The maximum Gasteiger partial charge on any atom is 0.264 e. The summed E-state index contributed by atoms with van der Waals surface area (Å²) < 4.78 is 1.58. The van der Waals surface area contributed by atoms with Crippen LogP contribution in [0.4, 0.5) is 0 Å². The fourth-order valence-electron chi connectivity index (χ4n) is 4.52. The SMILES string of the molecule is CCC1CCc2sc(C(=O)N3CCN(Cc4cc(=O)n5ccsc5n4)CC3)cc2C1. The van der Waals surface area contributed by atoms with Crippen molar-refractivity contribution in [1.82, 2.24) is 19.2 Å². The Morgan fingerprint density at radius 2 is 2.07 bits per heavy atom. The summed E-state index contributed by atoms with van der Waals surface area (Å²) in [6, 6.07) is 3.78. The molecular weight excluding hydrogens is 416 g/mol. The highest BCUT2D eigenvalue weighted by atomic mass is 32.1. The Balaban J connectivity index is 1.21. The van der Waals surface area contributed by atoms with Gasteiger partial charge in [-0.05, 0) is 36.8 Å². The van der Waals surface area contributed by atoms with E-state index in [1.165, 1.54) is 34.6 Å². The van der Waals surface area contributed by atoms with Crippen LogP contribution in [0.15, 0.2) is 28.5 Å². The predicted octanol–water partition coefficient (Wildman–Crippen LogP) is 3.29. The molecule has 8 heteroatoms. The monoisotopic (exact) mass is 442 g/mol. The molecule has 0 N–H and O–H groups in total. The first kappa shape index (κ1) is 19.9. The van der Waals surface area contributed by atoms with E-state index in [4.69, 9.17) is 0 Å². The fourth-order valence-corrected chi connectivity index (χ4v) is 6.43. The van der Waals surface area contributed by atoms with E-state index < -0.39 is 0 Å². The highest BCUT2D eigenvalue weighted by Gasteiger charge is 2.27. The molecule has 0 aromatic carbocycles. The number of carbonyl (C=O) groups excluding carboxylic acids is 1. The maximum absolute atomic E-state index is 13.1. The Bertz CT molecular complexity index is 1120. The molecule has 0 radical (unpaired) electrons. The number of fused-ring (bicyclic) bond motifs is 2. The molecule has 0 saturated carbocycles. The molecule has 1 aliphatic carbocycles.